The van der Waals surface area contributed by atoms with Crippen LogP contribution >= 0.6 is 0 Å². The van der Waals surface area contributed by atoms with Crippen LogP contribution < -0.4 is 0 Å². The number of hydrogen-bond acceptors (Lipinski definition) is 0. The molecular weight excluding hydrogens is 156 g/mol. The van der Waals surface area contributed by atoms with Crippen molar-refractivity contribution in [2.75, 3.05) is 0 Å². The van der Waals surface area contributed by atoms with Crippen LogP contribution in [-0.4, -0.2) is 0 Å². The molecule has 1 aliphatic carbocycles. The highest BCUT2D eigenvalue weighted by Gasteiger charge is 2.36. The third kappa shape index (κ3) is 2.72. The van der Waals surface area contributed by atoms with Crippen LogP contribution in [0, 0.1) is 23.2 Å². The maximum Gasteiger partial charge on any atom is -0.0298 e. The monoisotopic (exact) mass is 182 g/mol. The minimum Gasteiger partial charge on any atom is -0.0628 e. The minimum atomic E-state index is 0.640. The molecule has 0 aliphatic heterocycles. The summed E-state index contributed by atoms with van der Waals surface area (Å²) in [4.78, 5) is 0. The summed E-state index contributed by atoms with van der Waals surface area (Å²) in [7, 11) is 0. The van der Waals surface area contributed by atoms with Crippen molar-refractivity contribution in [2.45, 2.75) is 60.3 Å². The second-order valence-corrected chi connectivity index (χ2v) is 6.03. The normalized spacial score (nSPS) is 41.1. The maximum absolute atomic E-state index is 2.50. The predicted molar refractivity (Wildman–Crippen MR) is 59.7 cm³/mol. The lowest BCUT2D eigenvalue weighted by atomic mass is 9.62. The summed E-state index contributed by atoms with van der Waals surface area (Å²) in [5.74, 6) is 2.76. The summed E-state index contributed by atoms with van der Waals surface area (Å²) in [6, 6.07) is 0. The van der Waals surface area contributed by atoms with Crippen molar-refractivity contribution < 1.29 is 0 Å². The highest BCUT2D eigenvalue weighted by molar-refractivity contribution is 4.86. The number of rotatable bonds is 2. The second kappa shape index (κ2) is 4.02. The van der Waals surface area contributed by atoms with Gasteiger partial charge in [-0.25, -0.2) is 0 Å². The van der Waals surface area contributed by atoms with E-state index < -0.39 is 0 Å². The van der Waals surface area contributed by atoms with Crippen LogP contribution in [0.25, 0.3) is 0 Å². The van der Waals surface area contributed by atoms with Crippen molar-refractivity contribution in [1.82, 2.24) is 0 Å². The van der Waals surface area contributed by atoms with Crippen LogP contribution in [-0.2, 0) is 0 Å². The SMILES string of the molecule is CC(C)CC1(C)CCC(C)CC1C. The average Bonchev–Trinajstić information content (AvgIpc) is 1.97. The third-order valence-corrected chi connectivity index (χ3v) is 4.03. The molecule has 0 nitrogen and oxygen atoms in total. The lowest BCUT2D eigenvalue weighted by Crippen LogP contribution is -2.33. The van der Waals surface area contributed by atoms with Gasteiger partial charge >= 0.3 is 0 Å². The number of hydrogen-bond donors (Lipinski definition) is 0. The van der Waals surface area contributed by atoms with Crippen molar-refractivity contribution in [3.05, 3.63) is 0 Å². The Morgan fingerprint density at radius 2 is 1.92 bits per heavy atom. The molecule has 0 heterocycles. The van der Waals surface area contributed by atoms with Gasteiger partial charge < -0.3 is 0 Å². The molecule has 0 amide bonds. The zero-order chi connectivity index (χ0) is 10.1. The van der Waals surface area contributed by atoms with Gasteiger partial charge in [0.1, 0.15) is 0 Å². The molecule has 0 aromatic heterocycles. The van der Waals surface area contributed by atoms with E-state index in [1.54, 1.807) is 0 Å². The third-order valence-electron chi connectivity index (χ3n) is 4.03. The van der Waals surface area contributed by atoms with Gasteiger partial charge in [-0.2, -0.15) is 0 Å². The molecule has 0 aromatic rings. The minimum absolute atomic E-state index is 0.640. The van der Waals surface area contributed by atoms with Crippen molar-refractivity contribution in [2.24, 2.45) is 23.2 Å². The molecule has 0 aromatic carbocycles. The smallest absolute Gasteiger partial charge is 0.0298 e. The van der Waals surface area contributed by atoms with Crippen molar-refractivity contribution >= 4 is 0 Å². The van der Waals surface area contributed by atoms with Crippen LogP contribution in [0.5, 0.6) is 0 Å². The molecule has 1 fully saturated rings. The fourth-order valence-electron chi connectivity index (χ4n) is 3.06. The Kier molecular flexibility index (Phi) is 3.43. The zero-order valence-corrected chi connectivity index (χ0v) is 10.1. The molecule has 0 saturated heterocycles. The van der Waals surface area contributed by atoms with Gasteiger partial charge in [0.05, 0.1) is 0 Å². The van der Waals surface area contributed by atoms with Gasteiger partial charge in [0.25, 0.3) is 0 Å². The van der Waals surface area contributed by atoms with E-state index in [1.807, 2.05) is 0 Å². The fraction of sp³-hybridized carbons (Fsp3) is 1.00. The van der Waals surface area contributed by atoms with Crippen LogP contribution in [0.1, 0.15) is 60.3 Å². The van der Waals surface area contributed by atoms with Gasteiger partial charge in [0, 0.05) is 0 Å². The molecule has 0 N–H and O–H groups in total. The van der Waals surface area contributed by atoms with Crippen LogP contribution in [0.2, 0.25) is 0 Å². The van der Waals surface area contributed by atoms with Gasteiger partial charge in [-0.1, -0.05) is 41.0 Å². The largest absolute Gasteiger partial charge is 0.0628 e. The lowest BCUT2D eigenvalue weighted by molar-refractivity contribution is 0.0749. The molecule has 78 valence electrons. The van der Waals surface area contributed by atoms with E-state index in [2.05, 4.69) is 34.6 Å². The topological polar surface area (TPSA) is 0 Å². The Morgan fingerprint density at radius 1 is 1.31 bits per heavy atom. The molecule has 0 heteroatoms. The summed E-state index contributed by atoms with van der Waals surface area (Å²) >= 11 is 0. The van der Waals surface area contributed by atoms with Gasteiger partial charge in [-0.15, -0.1) is 0 Å². The van der Waals surface area contributed by atoms with Gasteiger partial charge in [-0.3, -0.25) is 0 Å². The highest BCUT2D eigenvalue weighted by atomic mass is 14.4. The van der Waals surface area contributed by atoms with E-state index in [0.717, 1.165) is 17.8 Å². The quantitative estimate of drug-likeness (QED) is 0.590. The Balaban J connectivity index is 2.56. The average molecular weight is 182 g/mol. The van der Waals surface area contributed by atoms with E-state index in [-0.39, 0.29) is 0 Å². The Labute approximate surface area is 84.1 Å². The van der Waals surface area contributed by atoms with Crippen LogP contribution in [0.3, 0.4) is 0 Å². The summed E-state index contributed by atoms with van der Waals surface area (Å²) in [6.07, 6.45) is 5.77. The molecule has 1 saturated carbocycles. The molecule has 1 aliphatic rings. The van der Waals surface area contributed by atoms with E-state index in [0.29, 0.717) is 5.41 Å². The molecule has 3 atom stereocenters. The van der Waals surface area contributed by atoms with Crippen molar-refractivity contribution in [3.8, 4) is 0 Å². The molecule has 0 radical (unpaired) electrons. The molecule has 13 heavy (non-hydrogen) atoms. The molecule has 0 spiro atoms. The van der Waals surface area contributed by atoms with Crippen molar-refractivity contribution in [1.29, 1.82) is 0 Å². The second-order valence-electron chi connectivity index (χ2n) is 6.03. The first-order chi connectivity index (χ1) is 5.94. The summed E-state index contributed by atoms with van der Waals surface area (Å²) in [5, 5.41) is 0. The Hall–Kier alpha value is 0. The van der Waals surface area contributed by atoms with Crippen LogP contribution in [0.4, 0.5) is 0 Å². The van der Waals surface area contributed by atoms with E-state index in [9.17, 15) is 0 Å². The molecular formula is C13H26. The summed E-state index contributed by atoms with van der Waals surface area (Å²) < 4.78 is 0. The van der Waals surface area contributed by atoms with E-state index in [4.69, 9.17) is 0 Å². The molecule has 0 bridgehead atoms. The van der Waals surface area contributed by atoms with Gasteiger partial charge in [-0.05, 0) is 42.4 Å². The van der Waals surface area contributed by atoms with Crippen molar-refractivity contribution in [3.63, 3.8) is 0 Å². The zero-order valence-electron chi connectivity index (χ0n) is 10.1. The molecule has 1 rings (SSSR count). The fourth-order valence-corrected chi connectivity index (χ4v) is 3.06. The standard InChI is InChI=1S/C13H26/c1-10(2)9-13(5)7-6-11(3)8-12(13)4/h10-12H,6-9H2,1-5H3. The first kappa shape index (κ1) is 11.1. The Bertz CT molecular complexity index is 159. The summed E-state index contributed by atoms with van der Waals surface area (Å²) in [6.45, 7) is 12.1. The Morgan fingerprint density at radius 3 is 2.38 bits per heavy atom. The maximum atomic E-state index is 2.50. The van der Waals surface area contributed by atoms with E-state index in [1.165, 1.54) is 25.7 Å². The van der Waals surface area contributed by atoms with Gasteiger partial charge in [0.2, 0.25) is 0 Å². The first-order valence-corrected chi connectivity index (χ1v) is 5.94. The lowest BCUT2D eigenvalue weighted by Gasteiger charge is -2.43. The molecule has 3 unspecified atom stereocenters. The van der Waals surface area contributed by atoms with Crippen LogP contribution in [0.15, 0.2) is 0 Å². The first-order valence-electron chi connectivity index (χ1n) is 5.94. The van der Waals surface area contributed by atoms with E-state index >= 15 is 0 Å². The van der Waals surface area contributed by atoms with Gasteiger partial charge in [0.15, 0.2) is 0 Å². The highest BCUT2D eigenvalue weighted by Crippen LogP contribution is 2.46. The predicted octanol–water partition coefficient (Wildman–Crippen LogP) is 4.49. The summed E-state index contributed by atoms with van der Waals surface area (Å²) in [5.41, 5.74) is 0.640.